The molecule has 1 aliphatic heterocycles. The fraction of sp³-hybridized carbons (Fsp3) is 0.941. The molecule has 1 fully saturated rings. The van der Waals surface area contributed by atoms with Crippen LogP contribution in [0.2, 0.25) is 0 Å². The van der Waals surface area contributed by atoms with E-state index in [0.29, 0.717) is 12.1 Å². The summed E-state index contributed by atoms with van der Waals surface area (Å²) in [4.78, 5) is 4.27. The van der Waals surface area contributed by atoms with Crippen LogP contribution >= 0.6 is 0 Å². The predicted octanol–water partition coefficient (Wildman–Crippen LogP) is 2.71. The van der Waals surface area contributed by atoms with Crippen LogP contribution in [-0.4, -0.2) is 51.5 Å². The van der Waals surface area contributed by atoms with Crippen LogP contribution in [-0.2, 0) is 9.47 Å². The van der Waals surface area contributed by atoms with E-state index in [9.17, 15) is 0 Å². The Hall–Kier alpha value is -0.810. The second-order valence-electron chi connectivity index (χ2n) is 6.10. The number of rotatable bonds is 11. The highest BCUT2D eigenvalue weighted by molar-refractivity contribution is 5.79. The zero-order chi connectivity index (χ0) is 16.0. The molecule has 22 heavy (non-hydrogen) atoms. The zero-order valence-electron chi connectivity index (χ0n) is 14.7. The van der Waals surface area contributed by atoms with Crippen LogP contribution in [0.3, 0.4) is 0 Å². The molecule has 0 aromatic rings. The average Bonchev–Trinajstić information content (AvgIpc) is 3.03. The molecule has 1 rings (SSSR count). The van der Waals surface area contributed by atoms with Gasteiger partial charge in [-0.15, -0.1) is 0 Å². The van der Waals surface area contributed by atoms with Crippen LogP contribution in [0.5, 0.6) is 0 Å². The lowest BCUT2D eigenvalue weighted by Gasteiger charge is -2.18. The normalized spacial score (nSPS) is 20.1. The van der Waals surface area contributed by atoms with E-state index in [0.717, 1.165) is 45.2 Å². The summed E-state index contributed by atoms with van der Waals surface area (Å²) in [5, 5.41) is 6.79. The molecule has 0 saturated carbocycles. The number of unbranched alkanes of at least 4 members (excludes halogenated alkanes) is 2. The fourth-order valence-electron chi connectivity index (χ4n) is 2.57. The Labute approximate surface area is 136 Å². The lowest BCUT2D eigenvalue weighted by Crippen LogP contribution is -2.42. The summed E-state index contributed by atoms with van der Waals surface area (Å²) >= 11 is 0. The second-order valence-corrected chi connectivity index (χ2v) is 6.10. The Morgan fingerprint density at radius 2 is 2.23 bits per heavy atom. The summed E-state index contributed by atoms with van der Waals surface area (Å²) in [5.74, 6) is 0.892. The number of ether oxygens (including phenoxy) is 2. The molecule has 5 nitrogen and oxygen atoms in total. The topological polar surface area (TPSA) is 54.9 Å². The van der Waals surface area contributed by atoms with Crippen LogP contribution in [0.25, 0.3) is 0 Å². The molecule has 0 aromatic carbocycles. The molecule has 0 aromatic heterocycles. The highest BCUT2D eigenvalue weighted by atomic mass is 16.5. The van der Waals surface area contributed by atoms with Crippen LogP contribution in [0.15, 0.2) is 4.99 Å². The van der Waals surface area contributed by atoms with E-state index in [4.69, 9.17) is 9.47 Å². The van der Waals surface area contributed by atoms with E-state index in [2.05, 4.69) is 29.5 Å². The number of hydrogen-bond donors (Lipinski definition) is 2. The van der Waals surface area contributed by atoms with Gasteiger partial charge < -0.3 is 20.1 Å². The van der Waals surface area contributed by atoms with Crippen LogP contribution < -0.4 is 10.6 Å². The van der Waals surface area contributed by atoms with Gasteiger partial charge in [-0.3, -0.25) is 4.99 Å². The molecule has 0 bridgehead atoms. The molecule has 0 aliphatic carbocycles. The number of nitrogens with zero attached hydrogens (tertiary/aromatic N) is 1. The van der Waals surface area contributed by atoms with Crippen molar-refractivity contribution in [1.29, 1.82) is 0 Å². The van der Waals surface area contributed by atoms with Crippen molar-refractivity contribution in [1.82, 2.24) is 10.6 Å². The Morgan fingerprint density at radius 3 is 2.91 bits per heavy atom. The first kappa shape index (κ1) is 19.2. The number of guanidine groups is 1. The highest BCUT2D eigenvalue weighted by Gasteiger charge is 2.14. The third kappa shape index (κ3) is 9.26. The van der Waals surface area contributed by atoms with Crippen LogP contribution in [0, 0.1) is 0 Å². The molecule has 2 atom stereocenters. The van der Waals surface area contributed by atoms with Gasteiger partial charge in [0, 0.05) is 32.8 Å². The first-order valence-electron chi connectivity index (χ1n) is 8.92. The second kappa shape index (κ2) is 12.7. The van der Waals surface area contributed by atoms with Gasteiger partial charge in [-0.05, 0) is 32.6 Å². The molecule has 5 heteroatoms. The van der Waals surface area contributed by atoms with Crippen molar-refractivity contribution in [2.24, 2.45) is 4.99 Å². The minimum atomic E-state index is 0.325. The van der Waals surface area contributed by atoms with E-state index in [1.54, 1.807) is 0 Å². The number of hydrogen-bond acceptors (Lipinski definition) is 3. The summed E-state index contributed by atoms with van der Waals surface area (Å²) in [6.07, 6.45) is 8.67. The van der Waals surface area contributed by atoms with Gasteiger partial charge in [0.05, 0.1) is 12.7 Å². The van der Waals surface area contributed by atoms with E-state index < -0.39 is 0 Å². The third-order valence-corrected chi connectivity index (χ3v) is 3.93. The van der Waals surface area contributed by atoms with E-state index >= 15 is 0 Å². The van der Waals surface area contributed by atoms with Crippen molar-refractivity contribution in [2.75, 3.05) is 33.4 Å². The van der Waals surface area contributed by atoms with Crippen molar-refractivity contribution in [2.45, 2.75) is 70.9 Å². The van der Waals surface area contributed by atoms with E-state index in [1.165, 1.54) is 32.1 Å². The van der Waals surface area contributed by atoms with Crippen molar-refractivity contribution in [3.8, 4) is 0 Å². The minimum absolute atomic E-state index is 0.325. The molecular formula is C17H35N3O2. The quantitative estimate of drug-likeness (QED) is 0.350. The maximum atomic E-state index is 5.65. The molecule has 0 radical (unpaired) electrons. The lowest BCUT2D eigenvalue weighted by atomic mass is 10.1. The van der Waals surface area contributed by atoms with Gasteiger partial charge in [-0.1, -0.05) is 26.2 Å². The van der Waals surface area contributed by atoms with Gasteiger partial charge >= 0.3 is 0 Å². The molecule has 0 amide bonds. The van der Waals surface area contributed by atoms with Crippen LogP contribution in [0.4, 0.5) is 0 Å². The Bertz CT molecular complexity index is 292. The summed E-state index contributed by atoms with van der Waals surface area (Å²) in [6.45, 7) is 7.74. The van der Waals surface area contributed by atoms with Crippen molar-refractivity contribution < 1.29 is 9.47 Å². The number of aliphatic imine (C=N–C) groups is 1. The van der Waals surface area contributed by atoms with Gasteiger partial charge in [-0.25, -0.2) is 0 Å². The van der Waals surface area contributed by atoms with Crippen molar-refractivity contribution in [3.05, 3.63) is 0 Å². The summed E-state index contributed by atoms with van der Waals surface area (Å²) in [5.41, 5.74) is 0. The SMILES string of the molecule is CCCCCC(C)NC(=NC)NCCCOCC1CCCO1. The molecule has 130 valence electrons. The first-order chi connectivity index (χ1) is 10.8. The molecule has 1 aliphatic rings. The third-order valence-electron chi connectivity index (χ3n) is 3.93. The average molecular weight is 313 g/mol. The maximum Gasteiger partial charge on any atom is 0.191 e. The minimum Gasteiger partial charge on any atom is -0.379 e. The molecule has 1 heterocycles. The summed E-state index contributed by atoms with van der Waals surface area (Å²) in [7, 11) is 1.82. The van der Waals surface area contributed by atoms with Gasteiger partial charge in [0.2, 0.25) is 0 Å². The highest BCUT2D eigenvalue weighted by Crippen LogP contribution is 2.11. The van der Waals surface area contributed by atoms with E-state index in [1.807, 2.05) is 7.05 Å². The first-order valence-corrected chi connectivity index (χ1v) is 8.92. The molecule has 2 unspecified atom stereocenters. The van der Waals surface area contributed by atoms with Crippen molar-refractivity contribution >= 4 is 5.96 Å². The van der Waals surface area contributed by atoms with E-state index in [-0.39, 0.29) is 0 Å². The van der Waals surface area contributed by atoms with Gasteiger partial charge in [-0.2, -0.15) is 0 Å². The lowest BCUT2D eigenvalue weighted by molar-refractivity contribution is 0.0168. The molecule has 2 N–H and O–H groups in total. The van der Waals surface area contributed by atoms with Gasteiger partial charge in [0.1, 0.15) is 0 Å². The predicted molar refractivity (Wildman–Crippen MR) is 92.5 cm³/mol. The Balaban J connectivity index is 1.98. The Morgan fingerprint density at radius 1 is 1.36 bits per heavy atom. The summed E-state index contributed by atoms with van der Waals surface area (Å²) in [6, 6.07) is 0.466. The molecule has 0 spiro atoms. The molecular weight excluding hydrogens is 278 g/mol. The van der Waals surface area contributed by atoms with Gasteiger partial charge in [0.25, 0.3) is 0 Å². The maximum absolute atomic E-state index is 5.65. The van der Waals surface area contributed by atoms with Crippen molar-refractivity contribution in [3.63, 3.8) is 0 Å². The van der Waals surface area contributed by atoms with Gasteiger partial charge in [0.15, 0.2) is 5.96 Å². The Kier molecular flexibility index (Phi) is 11.1. The largest absolute Gasteiger partial charge is 0.379 e. The monoisotopic (exact) mass is 313 g/mol. The number of nitrogens with one attached hydrogen (secondary N) is 2. The summed E-state index contributed by atoms with van der Waals surface area (Å²) < 4.78 is 11.2. The zero-order valence-corrected chi connectivity index (χ0v) is 14.7. The molecule has 1 saturated heterocycles. The van der Waals surface area contributed by atoms with Crippen LogP contribution in [0.1, 0.15) is 58.8 Å². The standard InChI is InChI=1S/C17H35N3O2/c1-4-5-6-9-15(2)20-17(18-3)19-11-8-12-21-14-16-10-7-13-22-16/h15-16H,4-14H2,1-3H3,(H2,18,19,20). The fourth-order valence-corrected chi connectivity index (χ4v) is 2.57. The smallest absolute Gasteiger partial charge is 0.191 e.